The third-order valence-electron chi connectivity index (χ3n) is 4.94. The van der Waals surface area contributed by atoms with Crippen LogP contribution in [0.3, 0.4) is 0 Å². The molecule has 1 aromatic rings. The Labute approximate surface area is 166 Å². The van der Waals surface area contributed by atoms with E-state index in [1.165, 1.54) is 11.9 Å². The highest BCUT2D eigenvalue weighted by atomic mass is 16.5. The van der Waals surface area contributed by atoms with Crippen LogP contribution in [0.15, 0.2) is 22.2 Å². The highest BCUT2D eigenvalue weighted by Gasteiger charge is 2.55. The summed E-state index contributed by atoms with van der Waals surface area (Å²) in [6, 6.07) is 1.42. The summed E-state index contributed by atoms with van der Waals surface area (Å²) in [6.45, 7) is 4.31. The maximum absolute atomic E-state index is 12.3. The fourth-order valence-electron chi connectivity index (χ4n) is 3.58. The van der Waals surface area contributed by atoms with Gasteiger partial charge in [-0.25, -0.2) is 9.98 Å². The van der Waals surface area contributed by atoms with Crippen molar-refractivity contribution in [1.82, 2.24) is 14.8 Å². The van der Waals surface area contributed by atoms with Gasteiger partial charge in [0.15, 0.2) is 0 Å². The number of nitrogens with zero attached hydrogens (tertiary/aromatic N) is 5. The van der Waals surface area contributed by atoms with Gasteiger partial charge < -0.3 is 35.4 Å². The van der Waals surface area contributed by atoms with Gasteiger partial charge in [0.05, 0.1) is 5.56 Å². The summed E-state index contributed by atoms with van der Waals surface area (Å²) in [4.78, 5) is 24.8. The summed E-state index contributed by atoms with van der Waals surface area (Å²) in [5.41, 5.74) is 0.415. The Morgan fingerprint density at radius 3 is 2.76 bits per heavy atom. The van der Waals surface area contributed by atoms with E-state index in [9.17, 15) is 30.3 Å². The van der Waals surface area contributed by atoms with Crippen LogP contribution in [0.5, 0.6) is 0 Å². The Morgan fingerprint density at radius 1 is 1.55 bits per heavy atom. The molecule has 2 rings (SSSR count). The van der Waals surface area contributed by atoms with Crippen molar-refractivity contribution in [2.24, 2.45) is 15.9 Å². The average molecular weight is 408 g/mol. The van der Waals surface area contributed by atoms with Crippen LogP contribution in [-0.2, 0) is 4.79 Å². The Hall–Kier alpha value is -2.82. The van der Waals surface area contributed by atoms with Gasteiger partial charge in [-0.1, -0.05) is 6.92 Å². The molecule has 158 valence electrons. The third-order valence-corrected chi connectivity index (χ3v) is 4.94. The molecule has 29 heavy (non-hydrogen) atoms. The smallest absolute Gasteiger partial charge is 0.336 e. The molecule has 0 radical (unpaired) electrons. The van der Waals surface area contributed by atoms with Crippen molar-refractivity contribution < 1.29 is 30.3 Å². The van der Waals surface area contributed by atoms with Gasteiger partial charge in [0.2, 0.25) is 0 Å². The van der Waals surface area contributed by atoms with Gasteiger partial charge in [0.1, 0.15) is 30.5 Å². The van der Waals surface area contributed by atoms with E-state index >= 15 is 0 Å². The molecule has 1 aromatic heterocycles. The van der Waals surface area contributed by atoms with Gasteiger partial charge >= 0.3 is 11.7 Å². The summed E-state index contributed by atoms with van der Waals surface area (Å²) in [5, 5.41) is 58.9. The molecule has 0 bridgehead atoms. The van der Waals surface area contributed by atoms with E-state index in [4.69, 9.17) is 5.26 Å². The predicted octanol–water partition coefficient (Wildman–Crippen LogP) is -1.95. The fraction of sp³-hybridized carbons (Fsp3) is 0.529. The number of likely N-dealkylation sites (N-methyl/N-ethyl adjacent to an activating group) is 1. The van der Waals surface area contributed by atoms with Crippen LogP contribution in [0, 0.1) is 17.2 Å². The summed E-state index contributed by atoms with van der Waals surface area (Å²) in [7, 11) is 1.47. The lowest BCUT2D eigenvalue weighted by atomic mass is 9.87. The number of amides is 1. The van der Waals surface area contributed by atoms with Crippen LogP contribution in [0.2, 0.25) is 0 Å². The van der Waals surface area contributed by atoms with Crippen LogP contribution in [0.4, 0.5) is 5.82 Å². The molecule has 12 heteroatoms. The molecule has 0 aromatic carbocycles. The number of amidine groups is 1. The summed E-state index contributed by atoms with van der Waals surface area (Å²) in [5.74, 6) is -7.80. The van der Waals surface area contributed by atoms with Gasteiger partial charge in [0.25, 0.3) is 5.91 Å². The molecule has 12 nitrogen and oxygen atoms in total. The molecule has 0 aliphatic carbocycles. The van der Waals surface area contributed by atoms with E-state index in [-0.39, 0.29) is 18.8 Å². The normalized spacial score (nSPS) is 22.1. The molecule has 6 N–H and O–H groups in total. The van der Waals surface area contributed by atoms with Crippen LogP contribution in [-0.4, -0.2) is 96.8 Å². The maximum Gasteiger partial charge on any atom is 0.336 e. The molecular formula is C17H24N6O6. The lowest BCUT2D eigenvalue weighted by molar-refractivity contribution is -0.310. The second kappa shape index (κ2) is 8.27. The standard InChI is InChI=1S/C17H24N6O6/c1-10-5-7-23(15(25)16(26,27)8-18)17(28,29)12(10)22(3)14(21-9-24)11-4-6-20-13(11)19-2/h4,6,10,12,20,24,26-29H,2,5,7,9H2,1,3H3. The number of piperidine rings is 1. The van der Waals surface area contributed by atoms with Crippen molar-refractivity contribution in [2.75, 3.05) is 20.3 Å². The molecular weight excluding hydrogens is 384 g/mol. The number of hydrogen-bond donors (Lipinski definition) is 6. The van der Waals surface area contributed by atoms with Crippen LogP contribution in [0.1, 0.15) is 18.9 Å². The minimum absolute atomic E-state index is 0.134. The third kappa shape index (κ3) is 4.00. The molecule has 1 fully saturated rings. The summed E-state index contributed by atoms with van der Waals surface area (Å²) in [6.07, 6.45) is 1.82. The minimum Gasteiger partial charge on any atom is -0.374 e. The summed E-state index contributed by atoms with van der Waals surface area (Å²) >= 11 is 0. The second-order valence-corrected chi connectivity index (χ2v) is 6.77. The Balaban J connectivity index is 2.49. The van der Waals surface area contributed by atoms with E-state index < -0.39 is 36.3 Å². The van der Waals surface area contributed by atoms with E-state index in [2.05, 4.69) is 21.7 Å². The SMILES string of the molecule is C=Nc1[nH]ccc1C(=NCO)N(C)C1C(C)CCN(C(=O)C(O)(O)C#N)C1(O)O. The molecule has 2 heterocycles. The van der Waals surface area contributed by atoms with Crippen molar-refractivity contribution in [3.63, 3.8) is 0 Å². The molecule has 1 aliphatic rings. The topological polar surface area (TPSA) is 189 Å². The van der Waals surface area contributed by atoms with Crippen molar-refractivity contribution >= 4 is 24.3 Å². The van der Waals surface area contributed by atoms with Crippen molar-refractivity contribution in [3.8, 4) is 6.07 Å². The van der Waals surface area contributed by atoms with E-state index in [1.807, 2.05) is 0 Å². The number of likely N-dealkylation sites (tertiary alicyclic amines) is 1. The van der Waals surface area contributed by atoms with Gasteiger partial charge in [-0.15, -0.1) is 0 Å². The number of aliphatic hydroxyl groups is 5. The van der Waals surface area contributed by atoms with E-state index in [0.717, 1.165) is 6.07 Å². The van der Waals surface area contributed by atoms with Crippen LogP contribution in [0.25, 0.3) is 0 Å². The highest BCUT2D eigenvalue weighted by Crippen LogP contribution is 2.34. The number of aliphatic imine (C=N–C) groups is 2. The molecule has 1 saturated heterocycles. The van der Waals surface area contributed by atoms with Crippen LogP contribution < -0.4 is 0 Å². The van der Waals surface area contributed by atoms with Crippen LogP contribution >= 0.6 is 0 Å². The summed E-state index contributed by atoms with van der Waals surface area (Å²) < 4.78 is 0. The molecule has 1 amide bonds. The lowest BCUT2D eigenvalue weighted by Gasteiger charge is -2.51. The Kier molecular flexibility index (Phi) is 6.41. The minimum atomic E-state index is -3.41. The monoisotopic (exact) mass is 408 g/mol. The first-order valence-corrected chi connectivity index (χ1v) is 8.68. The Bertz CT molecular complexity index is 842. The quantitative estimate of drug-likeness (QED) is 0.140. The number of aromatic amines is 1. The number of nitriles is 1. The van der Waals surface area contributed by atoms with Gasteiger partial charge in [-0.2, -0.15) is 5.26 Å². The number of aliphatic hydroxyl groups excluding tert-OH is 1. The average Bonchev–Trinajstić information content (AvgIpc) is 3.13. The maximum atomic E-state index is 12.3. The zero-order valence-corrected chi connectivity index (χ0v) is 16.0. The zero-order valence-electron chi connectivity index (χ0n) is 16.0. The first-order valence-electron chi connectivity index (χ1n) is 8.68. The van der Waals surface area contributed by atoms with Gasteiger partial charge in [0, 0.05) is 19.8 Å². The number of H-pyrrole nitrogens is 1. The lowest BCUT2D eigenvalue weighted by Crippen LogP contribution is -2.71. The molecule has 1 aliphatic heterocycles. The van der Waals surface area contributed by atoms with E-state index in [0.29, 0.717) is 16.3 Å². The van der Waals surface area contributed by atoms with Gasteiger partial charge in [-0.05, 0) is 25.1 Å². The first-order chi connectivity index (χ1) is 13.5. The molecule has 2 atom stereocenters. The van der Waals surface area contributed by atoms with E-state index in [1.54, 1.807) is 19.2 Å². The number of hydrogen-bond acceptors (Lipinski definition) is 9. The zero-order chi connectivity index (χ0) is 22.0. The molecule has 0 spiro atoms. The number of nitrogens with one attached hydrogen (secondary N) is 1. The number of carbonyl (C=O) groups is 1. The first kappa shape index (κ1) is 22.5. The fourth-order valence-corrected chi connectivity index (χ4v) is 3.58. The molecule has 0 saturated carbocycles. The van der Waals surface area contributed by atoms with Gasteiger partial charge in [-0.3, -0.25) is 9.69 Å². The van der Waals surface area contributed by atoms with Crippen molar-refractivity contribution in [3.05, 3.63) is 17.8 Å². The number of aromatic nitrogens is 1. The largest absolute Gasteiger partial charge is 0.374 e. The molecule has 2 unspecified atom stereocenters. The second-order valence-electron chi connectivity index (χ2n) is 6.77. The highest BCUT2D eigenvalue weighted by molar-refractivity contribution is 6.02. The predicted molar refractivity (Wildman–Crippen MR) is 101 cm³/mol. The number of rotatable bonds is 5. The van der Waals surface area contributed by atoms with Crippen molar-refractivity contribution in [2.45, 2.75) is 31.1 Å². The van der Waals surface area contributed by atoms with Crippen molar-refractivity contribution in [1.29, 1.82) is 5.26 Å². The Morgan fingerprint density at radius 2 is 2.21 bits per heavy atom. The number of carbonyl (C=O) groups excluding carboxylic acids is 1.